The molecule has 4 heteroatoms. The zero-order valence-corrected chi connectivity index (χ0v) is 11.6. The number of pyridine rings is 1. The van der Waals surface area contributed by atoms with Gasteiger partial charge < -0.3 is 11.1 Å². The Labute approximate surface area is 116 Å². The third-order valence-corrected chi connectivity index (χ3v) is 3.40. The molecule has 3 nitrogen and oxygen atoms in total. The molecule has 0 spiro atoms. The van der Waals surface area contributed by atoms with Gasteiger partial charge in [-0.15, -0.1) is 0 Å². The lowest BCUT2D eigenvalue weighted by Crippen LogP contribution is -2.15. The zero-order valence-electron chi connectivity index (χ0n) is 10.0. The molecule has 3 N–H and O–H groups in total. The molecule has 0 fully saturated rings. The molecule has 0 aliphatic heterocycles. The summed E-state index contributed by atoms with van der Waals surface area (Å²) in [5, 5.41) is 3.35. The smallest absolute Gasteiger partial charge is 0.0590 e. The van der Waals surface area contributed by atoms with Crippen molar-refractivity contribution in [1.82, 2.24) is 4.98 Å². The fourth-order valence-electron chi connectivity index (χ4n) is 1.75. The second kappa shape index (κ2) is 6.52. The van der Waals surface area contributed by atoms with E-state index in [-0.39, 0.29) is 6.04 Å². The topological polar surface area (TPSA) is 50.9 Å². The van der Waals surface area contributed by atoms with Crippen LogP contribution in [0.2, 0.25) is 0 Å². The van der Waals surface area contributed by atoms with Crippen molar-refractivity contribution >= 4 is 21.6 Å². The Morgan fingerprint density at radius 2 is 2.00 bits per heavy atom. The normalized spacial score (nSPS) is 12.1. The summed E-state index contributed by atoms with van der Waals surface area (Å²) < 4.78 is 0.971. The molecule has 2 rings (SSSR count). The van der Waals surface area contributed by atoms with E-state index >= 15 is 0 Å². The van der Waals surface area contributed by atoms with Crippen molar-refractivity contribution in [3.8, 4) is 0 Å². The fourth-order valence-corrected chi connectivity index (χ4v) is 2.14. The van der Waals surface area contributed by atoms with Gasteiger partial charge in [0.15, 0.2) is 0 Å². The minimum atomic E-state index is 0.0688. The Bertz CT molecular complexity index is 487. The van der Waals surface area contributed by atoms with Crippen LogP contribution in [0.15, 0.2) is 53.3 Å². The van der Waals surface area contributed by atoms with Gasteiger partial charge in [0.25, 0.3) is 0 Å². The summed E-state index contributed by atoms with van der Waals surface area (Å²) in [4.78, 5) is 4.02. The summed E-state index contributed by atoms with van der Waals surface area (Å²) in [6, 6.07) is 12.2. The van der Waals surface area contributed by atoms with Crippen LogP contribution >= 0.6 is 15.9 Å². The summed E-state index contributed by atoms with van der Waals surface area (Å²) in [6.07, 6.45) is 4.43. The summed E-state index contributed by atoms with van der Waals surface area (Å²) in [5.74, 6) is 0. The van der Waals surface area contributed by atoms with Crippen LogP contribution in [0.5, 0.6) is 0 Å². The van der Waals surface area contributed by atoms with Crippen LogP contribution in [0.1, 0.15) is 18.0 Å². The van der Waals surface area contributed by atoms with Crippen LogP contribution in [0.25, 0.3) is 0 Å². The first-order valence-electron chi connectivity index (χ1n) is 5.91. The van der Waals surface area contributed by atoms with E-state index < -0.39 is 0 Å². The van der Waals surface area contributed by atoms with Gasteiger partial charge in [-0.1, -0.05) is 30.3 Å². The number of nitrogens with zero attached hydrogens (tertiary/aromatic N) is 1. The average molecular weight is 306 g/mol. The number of halogens is 1. The number of nitrogens with two attached hydrogens (primary N) is 1. The predicted molar refractivity (Wildman–Crippen MR) is 78.4 cm³/mol. The molecule has 0 radical (unpaired) electrons. The van der Waals surface area contributed by atoms with Crippen LogP contribution in [0.4, 0.5) is 5.69 Å². The molecule has 1 aromatic carbocycles. The standard InChI is InChI=1S/C14H16BrN3/c15-12-10-17-8-7-14(12)18-9-6-13(16)11-4-2-1-3-5-11/h1-5,7-8,10,13H,6,9,16H2,(H,17,18). The van der Waals surface area contributed by atoms with Crippen molar-refractivity contribution < 1.29 is 0 Å². The second-order valence-corrected chi connectivity index (χ2v) is 4.94. The largest absolute Gasteiger partial charge is 0.384 e. The number of hydrogen-bond acceptors (Lipinski definition) is 3. The minimum Gasteiger partial charge on any atom is -0.384 e. The highest BCUT2D eigenvalue weighted by Gasteiger charge is 2.05. The average Bonchev–Trinajstić information content (AvgIpc) is 2.42. The molecule has 2 aromatic rings. The van der Waals surface area contributed by atoms with Crippen molar-refractivity contribution in [3.63, 3.8) is 0 Å². The number of anilines is 1. The molecule has 0 amide bonds. The Balaban J connectivity index is 1.84. The first-order valence-corrected chi connectivity index (χ1v) is 6.70. The molecule has 1 atom stereocenters. The molecule has 18 heavy (non-hydrogen) atoms. The lowest BCUT2D eigenvalue weighted by Gasteiger charge is -2.13. The molecule has 94 valence electrons. The highest BCUT2D eigenvalue weighted by Crippen LogP contribution is 2.20. The van der Waals surface area contributed by atoms with Gasteiger partial charge in [0, 0.05) is 25.0 Å². The quantitative estimate of drug-likeness (QED) is 0.890. The van der Waals surface area contributed by atoms with E-state index in [2.05, 4.69) is 38.4 Å². The van der Waals surface area contributed by atoms with Gasteiger partial charge in [0.2, 0.25) is 0 Å². The van der Waals surface area contributed by atoms with E-state index in [0.717, 1.165) is 23.1 Å². The molecule has 0 aliphatic rings. The molecule has 0 saturated carbocycles. The van der Waals surface area contributed by atoms with Gasteiger partial charge in [-0.25, -0.2) is 0 Å². The van der Waals surface area contributed by atoms with Crippen molar-refractivity contribution in [1.29, 1.82) is 0 Å². The Kier molecular flexibility index (Phi) is 4.73. The molecular weight excluding hydrogens is 290 g/mol. The maximum absolute atomic E-state index is 6.13. The van der Waals surface area contributed by atoms with E-state index in [4.69, 9.17) is 5.73 Å². The number of rotatable bonds is 5. The molecule has 0 aliphatic carbocycles. The van der Waals surface area contributed by atoms with Gasteiger partial charge in [-0.05, 0) is 34.0 Å². The Morgan fingerprint density at radius 1 is 1.22 bits per heavy atom. The summed E-state index contributed by atoms with van der Waals surface area (Å²) >= 11 is 3.45. The third kappa shape index (κ3) is 3.55. The molecule has 1 unspecified atom stereocenters. The highest BCUT2D eigenvalue weighted by atomic mass is 79.9. The number of benzene rings is 1. The van der Waals surface area contributed by atoms with E-state index in [1.165, 1.54) is 5.56 Å². The Hall–Kier alpha value is -1.39. The van der Waals surface area contributed by atoms with Gasteiger partial charge in [-0.3, -0.25) is 4.98 Å². The molecule has 0 saturated heterocycles. The van der Waals surface area contributed by atoms with Crippen molar-refractivity contribution in [2.24, 2.45) is 5.73 Å². The van der Waals surface area contributed by atoms with E-state index in [1.807, 2.05) is 24.3 Å². The van der Waals surface area contributed by atoms with Crippen molar-refractivity contribution in [2.45, 2.75) is 12.5 Å². The maximum atomic E-state index is 6.13. The third-order valence-electron chi connectivity index (χ3n) is 2.77. The van der Waals surface area contributed by atoms with Gasteiger partial charge in [0.1, 0.15) is 0 Å². The van der Waals surface area contributed by atoms with Crippen LogP contribution in [0.3, 0.4) is 0 Å². The summed E-state index contributed by atoms with van der Waals surface area (Å²) in [5.41, 5.74) is 8.35. The molecular formula is C14H16BrN3. The van der Waals surface area contributed by atoms with Crippen LogP contribution in [-0.2, 0) is 0 Å². The first kappa shape index (κ1) is 13.1. The number of hydrogen-bond donors (Lipinski definition) is 2. The van der Waals surface area contributed by atoms with Gasteiger partial charge in [-0.2, -0.15) is 0 Å². The SMILES string of the molecule is NC(CCNc1ccncc1Br)c1ccccc1. The molecule has 0 bridgehead atoms. The van der Waals surface area contributed by atoms with Crippen LogP contribution < -0.4 is 11.1 Å². The number of aromatic nitrogens is 1. The van der Waals surface area contributed by atoms with E-state index in [0.29, 0.717) is 0 Å². The highest BCUT2D eigenvalue weighted by molar-refractivity contribution is 9.10. The Morgan fingerprint density at radius 3 is 2.72 bits per heavy atom. The number of nitrogens with one attached hydrogen (secondary N) is 1. The monoisotopic (exact) mass is 305 g/mol. The van der Waals surface area contributed by atoms with E-state index in [1.54, 1.807) is 12.4 Å². The summed E-state index contributed by atoms with van der Waals surface area (Å²) in [7, 11) is 0. The van der Waals surface area contributed by atoms with Gasteiger partial charge in [0.05, 0.1) is 10.2 Å². The van der Waals surface area contributed by atoms with Crippen LogP contribution in [0, 0.1) is 0 Å². The maximum Gasteiger partial charge on any atom is 0.0590 e. The van der Waals surface area contributed by atoms with E-state index in [9.17, 15) is 0 Å². The lowest BCUT2D eigenvalue weighted by molar-refractivity contribution is 0.675. The van der Waals surface area contributed by atoms with Crippen molar-refractivity contribution in [3.05, 3.63) is 58.8 Å². The first-order chi connectivity index (χ1) is 8.77. The zero-order chi connectivity index (χ0) is 12.8. The lowest BCUT2D eigenvalue weighted by atomic mass is 10.1. The molecule has 1 heterocycles. The second-order valence-electron chi connectivity index (χ2n) is 4.09. The predicted octanol–water partition coefficient (Wildman–Crippen LogP) is 3.35. The summed E-state index contributed by atoms with van der Waals surface area (Å²) in [6.45, 7) is 0.832. The van der Waals surface area contributed by atoms with Crippen molar-refractivity contribution in [2.75, 3.05) is 11.9 Å². The molecule has 1 aromatic heterocycles. The fraction of sp³-hybridized carbons (Fsp3) is 0.214. The van der Waals surface area contributed by atoms with Gasteiger partial charge >= 0.3 is 0 Å². The van der Waals surface area contributed by atoms with Crippen LogP contribution in [-0.4, -0.2) is 11.5 Å². The minimum absolute atomic E-state index is 0.0688.